The zero-order valence-electron chi connectivity index (χ0n) is 18.1. The number of hydrogen-bond donors (Lipinski definition) is 1. The molecule has 0 aromatic heterocycles. The topological polar surface area (TPSA) is 92.8 Å². The minimum absolute atomic E-state index is 0.0118. The number of aryl methyl sites for hydroxylation is 1. The SMILES string of the molecule is Cc1ccc(NC(=O)C(C)OC(=O)c2ccc(Cl)c(S(=O)(=O)N3CCCCCC3)c2)cc1. The molecule has 1 saturated heterocycles. The Balaban J connectivity index is 1.72. The van der Waals surface area contributed by atoms with Crippen LogP contribution in [-0.4, -0.2) is 43.8 Å². The van der Waals surface area contributed by atoms with Gasteiger partial charge in [-0.3, -0.25) is 4.79 Å². The molecule has 1 fully saturated rings. The lowest BCUT2D eigenvalue weighted by Crippen LogP contribution is -2.32. The molecule has 1 N–H and O–H groups in total. The Morgan fingerprint density at radius 1 is 1.03 bits per heavy atom. The summed E-state index contributed by atoms with van der Waals surface area (Å²) in [6.07, 6.45) is 2.45. The van der Waals surface area contributed by atoms with Crippen molar-refractivity contribution < 1.29 is 22.7 Å². The number of esters is 1. The lowest BCUT2D eigenvalue weighted by molar-refractivity contribution is -0.123. The van der Waals surface area contributed by atoms with E-state index in [0.29, 0.717) is 18.8 Å². The first-order valence-corrected chi connectivity index (χ1v) is 12.4. The Hall–Kier alpha value is -2.42. The molecular formula is C23H27ClN2O5S. The molecule has 9 heteroatoms. The minimum atomic E-state index is -3.85. The zero-order chi connectivity index (χ0) is 23.3. The first-order valence-electron chi connectivity index (χ1n) is 10.6. The molecule has 0 saturated carbocycles. The highest BCUT2D eigenvalue weighted by molar-refractivity contribution is 7.89. The van der Waals surface area contributed by atoms with E-state index in [2.05, 4.69) is 5.32 Å². The van der Waals surface area contributed by atoms with Gasteiger partial charge in [0.15, 0.2) is 6.10 Å². The molecule has 0 radical (unpaired) electrons. The van der Waals surface area contributed by atoms with Crippen LogP contribution >= 0.6 is 11.6 Å². The average Bonchev–Trinajstić information content (AvgIpc) is 3.05. The van der Waals surface area contributed by atoms with Gasteiger partial charge in [0.1, 0.15) is 4.90 Å². The molecule has 172 valence electrons. The van der Waals surface area contributed by atoms with E-state index < -0.39 is 28.0 Å². The van der Waals surface area contributed by atoms with Crippen LogP contribution in [0, 0.1) is 6.92 Å². The van der Waals surface area contributed by atoms with Gasteiger partial charge in [0.2, 0.25) is 10.0 Å². The summed E-state index contributed by atoms with van der Waals surface area (Å²) >= 11 is 6.18. The van der Waals surface area contributed by atoms with Crippen molar-refractivity contribution in [2.45, 2.75) is 50.5 Å². The van der Waals surface area contributed by atoms with Gasteiger partial charge in [-0.25, -0.2) is 13.2 Å². The molecule has 0 bridgehead atoms. The normalized spacial score (nSPS) is 16.1. The van der Waals surface area contributed by atoms with E-state index >= 15 is 0 Å². The summed E-state index contributed by atoms with van der Waals surface area (Å²) in [5.41, 5.74) is 1.65. The van der Waals surface area contributed by atoms with Gasteiger partial charge in [0.05, 0.1) is 10.6 Å². The largest absolute Gasteiger partial charge is 0.449 e. The van der Waals surface area contributed by atoms with E-state index in [1.165, 1.54) is 29.4 Å². The monoisotopic (exact) mass is 478 g/mol. The molecule has 1 heterocycles. The number of carbonyl (C=O) groups excluding carboxylic acids is 2. The maximum Gasteiger partial charge on any atom is 0.338 e. The van der Waals surface area contributed by atoms with Crippen LogP contribution in [0.2, 0.25) is 5.02 Å². The average molecular weight is 479 g/mol. The van der Waals surface area contributed by atoms with Crippen LogP contribution in [0.5, 0.6) is 0 Å². The van der Waals surface area contributed by atoms with Crippen molar-refractivity contribution in [3.8, 4) is 0 Å². The van der Waals surface area contributed by atoms with Gasteiger partial charge in [0, 0.05) is 18.8 Å². The smallest absolute Gasteiger partial charge is 0.338 e. The highest BCUT2D eigenvalue weighted by Gasteiger charge is 2.29. The Morgan fingerprint density at radius 3 is 2.28 bits per heavy atom. The van der Waals surface area contributed by atoms with Crippen molar-refractivity contribution in [2.75, 3.05) is 18.4 Å². The summed E-state index contributed by atoms with van der Waals surface area (Å²) in [6, 6.07) is 11.2. The molecule has 0 spiro atoms. The summed E-state index contributed by atoms with van der Waals surface area (Å²) in [7, 11) is -3.85. The van der Waals surface area contributed by atoms with Crippen LogP contribution in [-0.2, 0) is 19.6 Å². The van der Waals surface area contributed by atoms with Gasteiger partial charge < -0.3 is 10.1 Å². The summed E-state index contributed by atoms with van der Waals surface area (Å²) < 4.78 is 32.9. The van der Waals surface area contributed by atoms with E-state index in [-0.39, 0.29) is 15.5 Å². The Labute approximate surface area is 193 Å². The highest BCUT2D eigenvalue weighted by Crippen LogP contribution is 2.28. The van der Waals surface area contributed by atoms with Crippen molar-refractivity contribution in [3.63, 3.8) is 0 Å². The first kappa shape index (κ1) is 24.2. The molecule has 1 aliphatic heterocycles. The third-order valence-corrected chi connectivity index (χ3v) is 7.70. The quantitative estimate of drug-likeness (QED) is 0.621. The molecule has 32 heavy (non-hydrogen) atoms. The third kappa shape index (κ3) is 5.88. The number of hydrogen-bond acceptors (Lipinski definition) is 5. The van der Waals surface area contributed by atoms with Crippen molar-refractivity contribution in [2.24, 2.45) is 0 Å². The Morgan fingerprint density at radius 2 is 1.66 bits per heavy atom. The predicted molar refractivity (Wildman–Crippen MR) is 123 cm³/mol. The predicted octanol–water partition coefficient (Wildman–Crippen LogP) is 4.40. The number of nitrogens with one attached hydrogen (secondary N) is 1. The van der Waals surface area contributed by atoms with Gasteiger partial charge >= 0.3 is 5.97 Å². The molecular weight excluding hydrogens is 452 g/mol. The maximum atomic E-state index is 13.1. The van der Waals surface area contributed by atoms with Crippen LogP contribution in [0.1, 0.15) is 48.5 Å². The minimum Gasteiger partial charge on any atom is -0.449 e. The number of sulfonamides is 1. The fourth-order valence-corrected chi connectivity index (χ4v) is 5.43. The van der Waals surface area contributed by atoms with Crippen LogP contribution in [0.25, 0.3) is 0 Å². The maximum absolute atomic E-state index is 13.1. The van der Waals surface area contributed by atoms with Crippen molar-refractivity contribution in [1.29, 1.82) is 0 Å². The number of rotatable bonds is 6. The van der Waals surface area contributed by atoms with E-state index in [4.69, 9.17) is 16.3 Å². The molecule has 7 nitrogen and oxygen atoms in total. The van der Waals surface area contributed by atoms with Crippen molar-refractivity contribution >= 4 is 39.2 Å². The van der Waals surface area contributed by atoms with Gasteiger partial charge in [-0.1, -0.05) is 42.1 Å². The number of anilines is 1. The second-order valence-corrected chi connectivity index (χ2v) is 10.2. The molecule has 2 aromatic carbocycles. The van der Waals surface area contributed by atoms with Gasteiger partial charge in [-0.05, 0) is 57.0 Å². The summed E-state index contributed by atoms with van der Waals surface area (Å²) in [5, 5.41) is 2.72. The van der Waals surface area contributed by atoms with Gasteiger partial charge in [-0.2, -0.15) is 4.31 Å². The fourth-order valence-electron chi connectivity index (χ4n) is 3.41. The number of nitrogens with zero attached hydrogens (tertiary/aromatic N) is 1. The second-order valence-electron chi connectivity index (χ2n) is 7.87. The summed E-state index contributed by atoms with van der Waals surface area (Å²) in [4.78, 5) is 24.9. The molecule has 1 atom stereocenters. The highest BCUT2D eigenvalue weighted by atomic mass is 35.5. The summed E-state index contributed by atoms with van der Waals surface area (Å²) in [5.74, 6) is -1.30. The third-order valence-electron chi connectivity index (χ3n) is 5.32. The molecule has 1 amide bonds. The van der Waals surface area contributed by atoms with E-state index in [1.54, 1.807) is 12.1 Å². The van der Waals surface area contributed by atoms with Crippen LogP contribution in [0.3, 0.4) is 0 Å². The second kappa shape index (κ2) is 10.5. The lowest BCUT2D eigenvalue weighted by atomic mass is 10.2. The van der Waals surface area contributed by atoms with Crippen molar-refractivity contribution in [3.05, 3.63) is 58.6 Å². The molecule has 3 rings (SSSR count). The number of benzene rings is 2. The zero-order valence-corrected chi connectivity index (χ0v) is 19.7. The van der Waals surface area contributed by atoms with Crippen LogP contribution in [0.15, 0.2) is 47.4 Å². The first-order chi connectivity index (χ1) is 15.2. The molecule has 1 unspecified atom stereocenters. The number of carbonyl (C=O) groups is 2. The van der Waals surface area contributed by atoms with E-state index in [0.717, 1.165) is 31.2 Å². The van der Waals surface area contributed by atoms with E-state index in [1.807, 2.05) is 19.1 Å². The van der Waals surface area contributed by atoms with Crippen molar-refractivity contribution in [1.82, 2.24) is 4.31 Å². The number of halogens is 1. The fraction of sp³-hybridized carbons (Fsp3) is 0.391. The summed E-state index contributed by atoms with van der Waals surface area (Å²) in [6.45, 7) is 4.22. The van der Waals surface area contributed by atoms with E-state index in [9.17, 15) is 18.0 Å². The lowest BCUT2D eigenvalue weighted by Gasteiger charge is -2.21. The standard InChI is InChI=1S/C23H27ClN2O5S/c1-16-7-10-19(11-8-16)25-22(27)17(2)31-23(28)18-9-12-20(24)21(15-18)32(29,30)26-13-5-3-4-6-14-26/h7-12,15,17H,3-6,13-14H2,1-2H3,(H,25,27). The van der Waals surface area contributed by atoms with Crippen LogP contribution in [0.4, 0.5) is 5.69 Å². The van der Waals surface area contributed by atoms with Gasteiger partial charge in [0.25, 0.3) is 5.91 Å². The van der Waals surface area contributed by atoms with Crippen LogP contribution < -0.4 is 5.32 Å². The van der Waals surface area contributed by atoms with Gasteiger partial charge in [-0.15, -0.1) is 0 Å². The number of ether oxygens (including phenoxy) is 1. The Kier molecular flexibility index (Phi) is 7.92. The molecule has 0 aliphatic carbocycles. The number of amides is 1. The Bertz CT molecular complexity index is 1080. The molecule has 1 aliphatic rings. The molecule has 2 aromatic rings.